The molecule has 13 nitrogen and oxygen atoms in total. The molecule has 47 heavy (non-hydrogen) atoms. The molecule has 246 valence electrons. The normalized spacial score (nSPS) is 22.7. The average Bonchev–Trinajstić information content (AvgIpc) is 3.64. The number of methoxy groups -OCH3 is 1. The van der Waals surface area contributed by atoms with Crippen LogP contribution in [0, 0.1) is 12.9 Å². The number of nitrogens with zero attached hydrogens (tertiary/aromatic N) is 6. The van der Waals surface area contributed by atoms with Gasteiger partial charge in [0.25, 0.3) is 0 Å². The Kier molecular flexibility index (Phi) is 9.09. The van der Waals surface area contributed by atoms with Gasteiger partial charge in [-0.25, -0.2) is 19.4 Å². The van der Waals surface area contributed by atoms with Gasteiger partial charge in [-0.3, -0.25) is 10.2 Å². The number of hydrogen-bond donors (Lipinski definition) is 3. The van der Waals surface area contributed by atoms with Gasteiger partial charge in [0.05, 0.1) is 37.2 Å². The van der Waals surface area contributed by atoms with Crippen LogP contribution in [0.25, 0.3) is 16.9 Å². The van der Waals surface area contributed by atoms with Crippen molar-refractivity contribution in [2.24, 2.45) is 0 Å². The second kappa shape index (κ2) is 13.7. The summed E-state index contributed by atoms with van der Waals surface area (Å²) in [7, 11) is 1.61. The highest BCUT2D eigenvalue weighted by molar-refractivity contribution is 5.91. The van der Waals surface area contributed by atoms with Gasteiger partial charge in [-0.05, 0) is 48.9 Å². The lowest BCUT2D eigenvalue weighted by Crippen LogP contribution is -2.63. The van der Waals surface area contributed by atoms with E-state index >= 15 is 0 Å². The molecule has 0 unspecified atom stereocenters. The summed E-state index contributed by atoms with van der Waals surface area (Å²) in [6, 6.07) is 16.3. The number of urea groups is 1. The van der Waals surface area contributed by atoms with Gasteiger partial charge in [0.2, 0.25) is 5.95 Å². The molecule has 3 saturated heterocycles. The second-order valence-corrected chi connectivity index (χ2v) is 12.0. The first-order chi connectivity index (χ1) is 22.9. The highest BCUT2D eigenvalue weighted by atomic mass is 19.1. The zero-order valence-corrected chi connectivity index (χ0v) is 26.3. The van der Waals surface area contributed by atoms with Gasteiger partial charge >= 0.3 is 6.03 Å². The third kappa shape index (κ3) is 6.82. The van der Waals surface area contributed by atoms with E-state index in [1.165, 1.54) is 12.3 Å². The smallest absolute Gasteiger partial charge is 0.320 e. The predicted molar refractivity (Wildman–Crippen MR) is 173 cm³/mol. The third-order valence-corrected chi connectivity index (χ3v) is 8.66. The van der Waals surface area contributed by atoms with Crippen LogP contribution in [0.4, 0.5) is 20.8 Å². The highest BCUT2D eigenvalue weighted by Crippen LogP contribution is 2.32. The summed E-state index contributed by atoms with van der Waals surface area (Å²) in [4.78, 5) is 30.5. The zero-order valence-electron chi connectivity index (χ0n) is 26.3. The Bertz CT molecular complexity index is 1680. The molecule has 6 heterocycles. The number of hydroxylamine groups is 2. The monoisotopic (exact) mass is 643 g/mol. The Hall–Kier alpha value is -4.47. The number of hydrogen-bond acceptors (Lipinski definition) is 10. The minimum absolute atomic E-state index is 0.290. The average molecular weight is 644 g/mol. The first-order valence-electron chi connectivity index (χ1n) is 15.7. The molecule has 4 aromatic rings. The van der Waals surface area contributed by atoms with Gasteiger partial charge in [-0.1, -0.05) is 18.2 Å². The van der Waals surface area contributed by atoms with Crippen molar-refractivity contribution in [3.63, 3.8) is 0 Å². The number of morpholine rings is 1. The van der Waals surface area contributed by atoms with E-state index in [-0.39, 0.29) is 12.1 Å². The molecule has 4 atom stereocenters. The van der Waals surface area contributed by atoms with E-state index in [0.29, 0.717) is 50.0 Å². The van der Waals surface area contributed by atoms with Gasteiger partial charge in [0.1, 0.15) is 17.7 Å². The number of pyridine rings is 2. The molecule has 3 N–H and O–H groups in total. The van der Waals surface area contributed by atoms with Crippen molar-refractivity contribution in [3.8, 4) is 16.9 Å². The van der Waals surface area contributed by atoms with E-state index in [1.54, 1.807) is 22.9 Å². The second-order valence-electron chi connectivity index (χ2n) is 12.0. The Balaban J connectivity index is 1.13. The number of carbonyl (C=O) groups excluding carboxylic acids is 1. The first-order valence-corrected chi connectivity index (χ1v) is 15.7. The molecule has 0 radical (unpaired) electrons. The Labute approximate surface area is 272 Å². The van der Waals surface area contributed by atoms with Crippen LogP contribution in [-0.4, -0.2) is 102 Å². The van der Waals surface area contributed by atoms with Gasteiger partial charge in [0, 0.05) is 68.9 Å². The molecule has 0 saturated carbocycles. The van der Waals surface area contributed by atoms with Crippen LogP contribution in [0.3, 0.4) is 0 Å². The molecule has 7 rings (SSSR count). The number of ether oxygens (including phenoxy) is 2. The Morgan fingerprint density at radius 3 is 2.62 bits per heavy atom. The zero-order chi connectivity index (χ0) is 32.3. The summed E-state index contributed by atoms with van der Waals surface area (Å²) in [6.45, 7) is 6.31. The molecule has 14 heteroatoms. The molecule has 3 fully saturated rings. The van der Waals surface area contributed by atoms with Crippen LogP contribution in [0.2, 0.25) is 0 Å². The van der Waals surface area contributed by atoms with E-state index in [1.807, 2.05) is 55.6 Å². The van der Waals surface area contributed by atoms with E-state index in [4.69, 9.17) is 24.4 Å². The van der Waals surface area contributed by atoms with Crippen LogP contribution in [0.5, 0.6) is 0 Å². The molecule has 1 aromatic carbocycles. The van der Waals surface area contributed by atoms with Crippen LogP contribution in [0.15, 0.2) is 67.0 Å². The Morgan fingerprint density at radius 2 is 1.89 bits per heavy atom. The lowest BCUT2D eigenvalue weighted by atomic mass is 10.0. The van der Waals surface area contributed by atoms with E-state index in [9.17, 15) is 9.18 Å². The molecule has 0 spiro atoms. The molecule has 2 bridgehead atoms. The van der Waals surface area contributed by atoms with Crippen molar-refractivity contribution in [1.82, 2.24) is 35.4 Å². The standard InChI is InChI=1S/C33H38FN9O4/c1-21-30(23-8-9-29(36-15-23)41-16-24-19-46-20-25(17-41)37-24)40-43(26-6-4-3-5-7-26)32(21)39-33(44)38-27-18-42(12-13-45-2)47-31(27)22-10-11-35-28(34)14-22/h3-11,14-15,24-25,27,31,37H,12-13,16-20H2,1-2H3,(H2,38,39,44)/t24-,25+,27-,31+/m1/s1. The summed E-state index contributed by atoms with van der Waals surface area (Å²) in [5.41, 5.74) is 3.68. The van der Waals surface area contributed by atoms with Crippen LogP contribution in [0.1, 0.15) is 17.2 Å². The maximum absolute atomic E-state index is 14.0. The Morgan fingerprint density at radius 1 is 1.09 bits per heavy atom. The summed E-state index contributed by atoms with van der Waals surface area (Å²) >= 11 is 0. The maximum Gasteiger partial charge on any atom is 0.320 e. The lowest BCUT2D eigenvalue weighted by Gasteiger charge is -2.42. The van der Waals surface area contributed by atoms with Gasteiger partial charge in [0.15, 0.2) is 0 Å². The fourth-order valence-electron chi connectivity index (χ4n) is 6.42. The molecular formula is C33H38FN9O4. The summed E-state index contributed by atoms with van der Waals surface area (Å²) in [5.74, 6) is 0.809. The quantitative estimate of drug-likeness (QED) is 0.234. The number of amides is 2. The number of nitrogens with one attached hydrogen (secondary N) is 3. The first kappa shape index (κ1) is 31.1. The molecule has 0 aliphatic carbocycles. The van der Waals surface area contributed by atoms with Crippen LogP contribution < -0.4 is 20.9 Å². The van der Waals surface area contributed by atoms with Crippen LogP contribution in [-0.2, 0) is 14.3 Å². The number of piperazine rings is 1. The van der Waals surface area contributed by atoms with E-state index < -0.39 is 24.1 Å². The molecule has 3 aromatic heterocycles. The number of rotatable bonds is 9. The van der Waals surface area contributed by atoms with E-state index in [0.717, 1.165) is 35.7 Å². The van der Waals surface area contributed by atoms with Crippen molar-refractivity contribution in [3.05, 3.63) is 84.1 Å². The molecule has 3 aliphatic heterocycles. The van der Waals surface area contributed by atoms with Crippen molar-refractivity contribution >= 4 is 17.7 Å². The largest absolute Gasteiger partial charge is 0.383 e. The van der Waals surface area contributed by atoms with Crippen molar-refractivity contribution in [1.29, 1.82) is 0 Å². The van der Waals surface area contributed by atoms with Crippen molar-refractivity contribution < 1.29 is 23.5 Å². The van der Waals surface area contributed by atoms with Crippen molar-refractivity contribution in [2.75, 3.05) is 63.3 Å². The number of para-hydroxylation sites is 1. The van der Waals surface area contributed by atoms with Gasteiger partial charge in [-0.2, -0.15) is 14.6 Å². The SMILES string of the molecule is COCCN1C[C@@H](NC(=O)Nc2c(C)c(-c3ccc(N4C[C@H]5COC[C@@H](C4)N5)nc3)nn2-c2ccccc2)[C@H](c2ccnc(F)c2)O1. The van der Waals surface area contributed by atoms with Gasteiger partial charge < -0.3 is 25.0 Å². The van der Waals surface area contributed by atoms with Crippen LogP contribution >= 0.6 is 0 Å². The molecule has 3 aliphatic rings. The minimum atomic E-state index is -0.618. The third-order valence-electron chi connectivity index (χ3n) is 8.66. The number of anilines is 2. The summed E-state index contributed by atoms with van der Waals surface area (Å²) in [6.07, 6.45) is 2.61. The summed E-state index contributed by atoms with van der Waals surface area (Å²) in [5, 5.41) is 16.3. The number of benzene rings is 1. The highest BCUT2D eigenvalue weighted by Gasteiger charge is 2.37. The fraction of sp³-hybridized carbons (Fsp3) is 0.394. The summed E-state index contributed by atoms with van der Waals surface area (Å²) < 4.78 is 26.6. The molecular weight excluding hydrogens is 605 g/mol. The molecule has 2 amide bonds. The van der Waals surface area contributed by atoms with Gasteiger partial charge in [-0.15, -0.1) is 0 Å². The lowest BCUT2D eigenvalue weighted by molar-refractivity contribution is -0.154. The van der Waals surface area contributed by atoms with E-state index in [2.05, 4.69) is 25.8 Å². The maximum atomic E-state index is 14.0. The predicted octanol–water partition coefficient (Wildman–Crippen LogP) is 3.08. The topological polar surface area (TPSA) is 131 Å². The number of carbonyl (C=O) groups is 1. The minimum Gasteiger partial charge on any atom is -0.383 e. The number of fused-ring (bicyclic) bond motifs is 2. The number of halogens is 1. The number of aromatic nitrogens is 4. The van der Waals surface area contributed by atoms with Crippen molar-refractivity contribution in [2.45, 2.75) is 31.2 Å². The fourth-order valence-corrected chi connectivity index (χ4v) is 6.42.